The third-order valence-corrected chi connectivity index (χ3v) is 6.58. The van der Waals surface area contributed by atoms with Gasteiger partial charge in [0.05, 0.1) is 24.0 Å². The van der Waals surface area contributed by atoms with Gasteiger partial charge >= 0.3 is 0 Å². The first-order chi connectivity index (χ1) is 15.7. The van der Waals surface area contributed by atoms with Crippen molar-refractivity contribution in [2.45, 2.75) is 44.2 Å². The summed E-state index contributed by atoms with van der Waals surface area (Å²) in [5.41, 5.74) is 4.82. The van der Waals surface area contributed by atoms with Crippen LogP contribution < -0.4 is 21.7 Å². The Hall–Kier alpha value is -2.56. The Morgan fingerprint density at radius 2 is 2.03 bits per heavy atom. The molecule has 1 aliphatic carbocycles. The van der Waals surface area contributed by atoms with Gasteiger partial charge in [-0.1, -0.05) is 11.6 Å². The quantitative estimate of drug-likeness (QED) is 0.447. The van der Waals surface area contributed by atoms with Crippen LogP contribution in [0.5, 0.6) is 0 Å². The number of hydrogen-bond donors (Lipinski definition) is 4. The number of carbonyl (C=O) groups excluding carboxylic acids is 3. The Morgan fingerprint density at radius 1 is 1.33 bits per heavy atom. The number of anilines is 1. The topological polar surface area (TPSA) is 135 Å². The van der Waals surface area contributed by atoms with Gasteiger partial charge in [0.15, 0.2) is 0 Å². The maximum atomic E-state index is 13.2. The molecule has 0 radical (unpaired) electrons. The van der Waals surface area contributed by atoms with Crippen LogP contribution in [0, 0.1) is 17.7 Å². The molecule has 1 aromatic rings. The van der Waals surface area contributed by atoms with Crippen molar-refractivity contribution in [2.75, 3.05) is 25.7 Å². The molecule has 0 saturated heterocycles. The molecule has 11 heteroatoms. The zero-order valence-electron chi connectivity index (χ0n) is 18.6. The number of rotatable bonds is 8. The van der Waals surface area contributed by atoms with E-state index < -0.39 is 23.2 Å². The zero-order valence-corrected chi connectivity index (χ0v) is 19.4. The van der Waals surface area contributed by atoms with Crippen molar-refractivity contribution in [3.8, 4) is 0 Å². The number of benzene rings is 1. The largest absolute Gasteiger partial charge is 0.383 e. The first-order valence-electron chi connectivity index (χ1n) is 10.8. The van der Waals surface area contributed by atoms with Crippen molar-refractivity contribution in [2.24, 2.45) is 22.6 Å². The van der Waals surface area contributed by atoms with Gasteiger partial charge in [-0.3, -0.25) is 24.7 Å². The fourth-order valence-corrected chi connectivity index (χ4v) is 4.86. The summed E-state index contributed by atoms with van der Waals surface area (Å²) in [6.07, 6.45) is 1.96. The molecule has 5 N–H and O–H groups in total. The van der Waals surface area contributed by atoms with Gasteiger partial charge in [-0.05, 0) is 56.7 Å². The smallest absolute Gasteiger partial charge is 0.268 e. The van der Waals surface area contributed by atoms with Crippen molar-refractivity contribution < 1.29 is 23.5 Å². The molecular formula is C22H29ClFN5O4. The minimum atomic E-state index is -1.39. The average Bonchev–Trinajstić information content (AvgIpc) is 3.22. The van der Waals surface area contributed by atoms with Crippen LogP contribution in [0.3, 0.4) is 0 Å². The molecule has 1 heterocycles. The van der Waals surface area contributed by atoms with E-state index in [1.54, 1.807) is 6.92 Å². The summed E-state index contributed by atoms with van der Waals surface area (Å²) < 4.78 is 18.3. The van der Waals surface area contributed by atoms with E-state index in [-0.39, 0.29) is 41.2 Å². The van der Waals surface area contributed by atoms with E-state index in [0.717, 1.165) is 6.07 Å². The number of nitrogens with two attached hydrogens (primary N) is 1. The van der Waals surface area contributed by atoms with E-state index in [1.807, 2.05) is 0 Å². The van der Waals surface area contributed by atoms with Crippen LogP contribution in [-0.2, 0) is 19.1 Å². The Balaban J connectivity index is 1.68. The molecule has 1 fully saturated rings. The lowest BCUT2D eigenvalue weighted by molar-refractivity contribution is -0.126. The minimum Gasteiger partial charge on any atom is -0.383 e. The molecule has 3 rings (SSSR count). The van der Waals surface area contributed by atoms with E-state index in [9.17, 15) is 18.8 Å². The predicted molar refractivity (Wildman–Crippen MR) is 122 cm³/mol. The summed E-state index contributed by atoms with van der Waals surface area (Å²) in [6.45, 7) is 2.20. The third kappa shape index (κ3) is 5.34. The van der Waals surface area contributed by atoms with E-state index in [0.29, 0.717) is 38.0 Å². The lowest BCUT2D eigenvalue weighted by Gasteiger charge is -2.39. The second-order valence-corrected chi connectivity index (χ2v) is 8.91. The molecule has 0 spiro atoms. The summed E-state index contributed by atoms with van der Waals surface area (Å²) in [6, 6.07) is 3.50. The highest BCUT2D eigenvalue weighted by Gasteiger charge is 2.54. The number of halogens is 2. The number of hydrogen-bond acceptors (Lipinski definition) is 6. The Bertz CT molecular complexity index is 951. The molecule has 2 aliphatic rings. The molecule has 3 amide bonds. The molecule has 1 unspecified atom stereocenters. The van der Waals surface area contributed by atoms with Gasteiger partial charge in [-0.25, -0.2) is 4.39 Å². The SMILES string of the molecule is COC[C@H](C)NC(=O)C1=NCNC1(C(N)=O)C1CCC(C(=O)Nc2ccc(F)cc2Cl)CC1. The number of nitrogens with zero attached hydrogens (tertiary/aromatic N) is 1. The number of methoxy groups -OCH3 is 1. The molecule has 1 aromatic carbocycles. The summed E-state index contributed by atoms with van der Waals surface area (Å²) in [4.78, 5) is 42.5. The lowest BCUT2D eigenvalue weighted by atomic mass is 9.69. The van der Waals surface area contributed by atoms with Crippen molar-refractivity contribution in [1.29, 1.82) is 0 Å². The standard InChI is InChI=1S/C22H29ClFN5O4/c1-12(10-33-2)28-20(31)18-22(21(25)32,27-11-26-18)14-5-3-13(4-6-14)19(30)29-17-8-7-15(24)9-16(17)23/h7-9,12-14,27H,3-6,10-11H2,1-2H3,(H2,25,32)(H,28,31)(H,29,30)/t12-,13?,14?,22?/m0/s1. The van der Waals surface area contributed by atoms with Gasteiger partial charge in [-0.2, -0.15) is 0 Å². The first-order valence-corrected chi connectivity index (χ1v) is 11.2. The highest BCUT2D eigenvalue weighted by atomic mass is 35.5. The normalized spacial score (nSPS) is 25.8. The molecule has 1 saturated carbocycles. The first kappa shape index (κ1) is 25.1. The van der Waals surface area contributed by atoms with Crippen LogP contribution in [0.1, 0.15) is 32.6 Å². The van der Waals surface area contributed by atoms with E-state index in [2.05, 4.69) is 20.9 Å². The lowest BCUT2D eigenvalue weighted by Crippen LogP contribution is -2.66. The third-order valence-electron chi connectivity index (χ3n) is 6.27. The number of amides is 3. The maximum absolute atomic E-state index is 13.2. The van der Waals surface area contributed by atoms with Gasteiger partial charge in [-0.15, -0.1) is 0 Å². The summed E-state index contributed by atoms with van der Waals surface area (Å²) in [5.74, 6) is -2.46. The average molecular weight is 482 g/mol. The van der Waals surface area contributed by atoms with E-state index >= 15 is 0 Å². The highest BCUT2D eigenvalue weighted by Crippen LogP contribution is 2.38. The van der Waals surface area contributed by atoms with Crippen LogP contribution in [0.2, 0.25) is 5.02 Å². The zero-order chi connectivity index (χ0) is 24.2. The van der Waals surface area contributed by atoms with Gasteiger partial charge in [0.25, 0.3) is 5.91 Å². The molecule has 0 bridgehead atoms. The Labute approximate surface area is 196 Å². The second kappa shape index (κ2) is 10.6. The molecule has 33 heavy (non-hydrogen) atoms. The fourth-order valence-electron chi connectivity index (χ4n) is 4.64. The Kier molecular flexibility index (Phi) is 8.04. The van der Waals surface area contributed by atoms with Crippen LogP contribution in [0.25, 0.3) is 0 Å². The monoisotopic (exact) mass is 481 g/mol. The number of ether oxygens (including phenoxy) is 1. The predicted octanol–water partition coefficient (Wildman–Crippen LogP) is 1.60. The second-order valence-electron chi connectivity index (χ2n) is 8.51. The summed E-state index contributed by atoms with van der Waals surface area (Å²) >= 11 is 6.00. The fraction of sp³-hybridized carbons (Fsp3) is 0.545. The summed E-state index contributed by atoms with van der Waals surface area (Å²) in [7, 11) is 1.53. The van der Waals surface area contributed by atoms with Crippen LogP contribution in [0.4, 0.5) is 10.1 Å². The Morgan fingerprint density at radius 3 is 2.64 bits per heavy atom. The van der Waals surface area contributed by atoms with Crippen molar-refractivity contribution in [3.05, 3.63) is 29.0 Å². The van der Waals surface area contributed by atoms with E-state index in [1.165, 1.54) is 19.2 Å². The minimum absolute atomic E-state index is 0.0731. The number of carbonyl (C=O) groups is 3. The van der Waals surface area contributed by atoms with E-state index in [4.69, 9.17) is 22.1 Å². The molecule has 9 nitrogen and oxygen atoms in total. The molecule has 180 valence electrons. The van der Waals surface area contributed by atoms with Crippen molar-refractivity contribution in [3.63, 3.8) is 0 Å². The van der Waals surface area contributed by atoms with Gasteiger partial charge < -0.3 is 21.1 Å². The number of primary amides is 1. The highest BCUT2D eigenvalue weighted by molar-refractivity contribution is 6.47. The van der Waals surface area contributed by atoms with Crippen molar-refractivity contribution >= 4 is 40.7 Å². The number of nitrogens with one attached hydrogen (secondary N) is 3. The van der Waals surface area contributed by atoms with Crippen LogP contribution in [0.15, 0.2) is 23.2 Å². The van der Waals surface area contributed by atoms with Gasteiger partial charge in [0.1, 0.15) is 17.1 Å². The van der Waals surface area contributed by atoms with Crippen LogP contribution >= 0.6 is 11.6 Å². The number of aliphatic imine (C=N–C) groups is 1. The van der Waals surface area contributed by atoms with Gasteiger partial charge in [0, 0.05) is 19.1 Å². The molecule has 1 aliphatic heterocycles. The molecule has 0 aromatic heterocycles. The molecule has 2 atom stereocenters. The van der Waals surface area contributed by atoms with Crippen molar-refractivity contribution in [1.82, 2.24) is 10.6 Å². The van der Waals surface area contributed by atoms with Gasteiger partial charge in [0.2, 0.25) is 11.8 Å². The van der Waals surface area contributed by atoms with Crippen LogP contribution in [-0.4, -0.2) is 55.4 Å². The summed E-state index contributed by atoms with van der Waals surface area (Å²) in [5, 5.41) is 8.70. The molecular weight excluding hydrogens is 453 g/mol. The maximum Gasteiger partial charge on any atom is 0.268 e.